The quantitative estimate of drug-likeness (QED) is 0.577. The molecule has 96 valence electrons. The SMILES string of the molecule is Cc1ccc(SCc2nc3cc(N)ccc3o2)cc1. The summed E-state index contributed by atoms with van der Waals surface area (Å²) in [5.41, 5.74) is 9.30. The zero-order valence-corrected chi connectivity index (χ0v) is 11.4. The van der Waals surface area contributed by atoms with Gasteiger partial charge in [-0.1, -0.05) is 17.7 Å². The minimum atomic E-state index is 0.707. The van der Waals surface area contributed by atoms with Crippen LogP contribution in [0.25, 0.3) is 11.1 Å². The van der Waals surface area contributed by atoms with Crippen LogP contribution in [0.1, 0.15) is 11.5 Å². The van der Waals surface area contributed by atoms with E-state index in [1.54, 1.807) is 11.8 Å². The van der Waals surface area contributed by atoms with Gasteiger partial charge in [0.15, 0.2) is 5.58 Å². The molecule has 0 saturated heterocycles. The first-order chi connectivity index (χ1) is 9.20. The van der Waals surface area contributed by atoms with Crippen LogP contribution in [-0.4, -0.2) is 4.98 Å². The highest BCUT2D eigenvalue weighted by Gasteiger charge is 2.06. The largest absolute Gasteiger partial charge is 0.440 e. The van der Waals surface area contributed by atoms with Crippen molar-refractivity contribution >= 4 is 28.5 Å². The molecule has 0 aliphatic heterocycles. The van der Waals surface area contributed by atoms with Gasteiger partial charge in [0.05, 0.1) is 5.75 Å². The fourth-order valence-electron chi connectivity index (χ4n) is 1.83. The van der Waals surface area contributed by atoms with Crippen LogP contribution in [0.5, 0.6) is 0 Å². The van der Waals surface area contributed by atoms with Gasteiger partial charge in [-0.15, -0.1) is 11.8 Å². The van der Waals surface area contributed by atoms with Gasteiger partial charge in [0, 0.05) is 10.6 Å². The zero-order valence-electron chi connectivity index (χ0n) is 10.6. The predicted molar refractivity (Wildman–Crippen MR) is 79.2 cm³/mol. The molecule has 0 fully saturated rings. The van der Waals surface area contributed by atoms with Crippen molar-refractivity contribution in [2.75, 3.05) is 5.73 Å². The second-order valence-electron chi connectivity index (χ2n) is 4.44. The lowest BCUT2D eigenvalue weighted by atomic mass is 10.2. The number of nitrogens with zero attached hydrogens (tertiary/aromatic N) is 1. The molecule has 0 unspecified atom stereocenters. The number of benzene rings is 2. The van der Waals surface area contributed by atoms with Crippen LogP contribution in [0, 0.1) is 6.92 Å². The van der Waals surface area contributed by atoms with Crippen molar-refractivity contribution < 1.29 is 4.42 Å². The maximum atomic E-state index is 5.73. The maximum absolute atomic E-state index is 5.73. The average Bonchev–Trinajstić information content (AvgIpc) is 2.80. The summed E-state index contributed by atoms with van der Waals surface area (Å²) in [6.07, 6.45) is 0. The van der Waals surface area contributed by atoms with Gasteiger partial charge in [-0.05, 0) is 37.3 Å². The molecule has 2 aromatic carbocycles. The highest BCUT2D eigenvalue weighted by Crippen LogP contribution is 2.25. The van der Waals surface area contributed by atoms with Crippen molar-refractivity contribution in [1.29, 1.82) is 0 Å². The molecule has 0 radical (unpaired) electrons. The summed E-state index contributed by atoms with van der Waals surface area (Å²) in [5.74, 6) is 1.45. The van der Waals surface area contributed by atoms with Crippen molar-refractivity contribution in [3.63, 3.8) is 0 Å². The number of fused-ring (bicyclic) bond motifs is 1. The third-order valence-corrected chi connectivity index (χ3v) is 3.84. The minimum absolute atomic E-state index is 0.707. The summed E-state index contributed by atoms with van der Waals surface area (Å²) in [5, 5.41) is 0. The lowest BCUT2D eigenvalue weighted by Crippen LogP contribution is -1.82. The van der Waals surface area contributed by atoms with Gasteiger partial charge in [0.1, 0.15) is 5.52 Å². The Hall–Kier alpha value is -1.94. The van der Waals surface area contributed by atoms with E-state index in [0.29, 0.717) is 5.69 Å². The monoisotopic (exact) mass is 270 g/mol. The fraction of sp³-hybridized carbons (Fsp3) is 0.133. The summed E-state index contributed by atoms with van der Waals surface area (Å²) in [6.45, 7) is 2.08. The van der Waals surface area contributed by atoms with Gasteiger partial charge in [0.2, 0.25) is 5.89 Å². The molecule has 0 amide bonds. The highest BCUT2D eigenvalue weighted by molar-refractivity contribution is 7.98. The Balaban J connectivity index is 1.76. The molecule has 0 atom stereocenters. The molecule has 0 aliphatic carbocycles. The molecule has 3 nitrogen and oxygen atoms in total. The molecule has 0 spiro atoms. The molecule has 3 rings (SSSR count). The Bertz CT molecular complexity index is 704. The molecule has 0 aliphatic rings. The predicted octanol–water partition coefficient (Wildman–Crippen LogP) is 4.01. The smallest absolute Gasteiger partial charge is 0.205 e. The molecule has 1 aromatic heterocycles. The number of anilines is 1. The second-order valence-corrected chi connectivity index (χ2v) is 5.49. The van der Waals surface area contributed by atoms with Crippen LogP contribution in [-0.2, 0) is 5.75 Å². The van der Waals surface area contributed by atoms with Crippen molar-refractivity contribution in [1.82, 2.24) is 4.98 Å². The van der Waals surface area contributed by atoms with Crippen molar-refractivity contribution in [3.05, 3.63) is 53.9 Å². The maximum Gasteiger partial charge on any atom is 0.205 e. The Kier molecular flexibility index (Phi) is 3.17. The Morgan fingerprint density at radius 1 is 1.16 bits per heavy atom. The molecule has 3 aromatic rings. The van der Waals surface area contributed by atoms with Crippen molar-refractivity contribution in [3.8, 4) is 0 Å². The van der Waals surface area contributed by atoms with E-state index >= 15 is 0 Å². The van der Waals surface area contributed by atoms with E-state index < -0.39 is 0 Å². The standard InChI is InChI=1S/C15H14N2OS/c1-10-2-5-12(6-3-10)19-9-15-17-13-8-11(16)4-7-14(13)18-15/h2-8H,9,16H2,1H3. The first-order valence-corrected chi connectivity index (χ1v) is 7.04. The summed E-state index contributed by atoms with van der Waals surface area (Å²) < 4.78 is 5.68. The van der Waals surface area contributed by atoms with E-state index in [1.807, 2.05) is 18.2 Å². The molecule has 19 heavy (non-hydrogen) atoms. The van der Waals surface area contributed by atoms with Crippen LogP contribution < -0.4 is 5.73 Å². The molecule has 0 bridgehead atoms. The zero-order chi connectivity index (χ0) is 13.2. The normalized spacial score (nSPS) is 11.0. The first-order valence-electron chi connectivity index (χ1n) is 6.05. The van der Waals surface area contributed by atoms with Crippen LogP contribution in [0.15, 0.2) is 51.8 Å². The van der Waals surface area contributed by atoms with Crippen LogP contribution in [0.4, 0.5) is 5.69 Å². The summed E-state index contributed by atoms with van der Waals surface area (Å²) in [4.78, 5) is 5.65. The molecular formula is C15H14N2OS. The fourth-order valence-corrected chi connectivity index (χ4v) is 2.58. The van der Waals surface area contributed by atoms with Gasteiger partial charge in [-0.3, -0.25) is 0 Å². The molecular weight excluding hydrogens is 256 g/mol. The van der Waals surface area contributed by atoms with E-state index in [4.69, 9.17) is 10.2 Å². The number of nitrogens with two attached hydrogens (primary N) is 1. The summed E-state index contributed by atoms with van der Waals surface area (Å²) in [7, 11) is 0. The number of hydrogen-bond acceptors (Lipinski definition) is 4. The highest BCUT2D eigenvalue weighted by atomic mass is 32.2. The van der Waals surface area contributed by atoms with E-state index in [2.05, 4.69) is 36.2 Å². The second kappa shape index (κ2) is 4.97. The Morgan fingerprint density at radius 2 is 1.95 bits per heavy atom. The molecule has 4 heteroatoms. The number of thioether (sulfide) groups is 1. The Morgan fingerprint density at radius 3 is 2.74 bits per heavy atom. The number of oxazole rings is 1. The van der Waals surface area contributed by atoms with E-state index in [-0.39, 0.29) is 0 Å². The molecule has 2 N–H and O–H groups in total. The van der Waals surface area contributed by atoms with Crippen LogP contribution in [0.2, 0.25) is 0 Å². The van der Waals surface area contributed by atoms with Gasteiger partial charge in [0.25, 0.3) is 0 Å². The number of hydrogen-bond donors (Lipinski definition) is 1. The van der Waals surface area contributed by atoms with Crippen LogP contribution >= 0.6 is 11.8 Å². The van der Waals surface area contributed by atoms with E-state index in [1.165, 1.54) is 10.5 Å². The summed E-state index contributed by atoms with van der Waals surface area (Å²) in [6, 6.07) is 14.0. The van der Waals surface area contributed by atoms with Gasteiger partial charge in [-0.25, -0.2) is 4.98 Å². The molecule has 1 heterocycles. The molecule has 0 saturated carbocycles. The first kappa shape index (κ1) is 12.1. The third-order valence-electron chi connectivity index (χ3n) is 2.84. The topological polar surface area (TPSA) is 52.0 Å². The van der Waals surface area contributed by atoms with Crippen molar-refractivity contribution in [2.24, 2.45) is 0 Å². The Labute approximate surface area is 115 Å². The van der Waals surface area contributed by atoms with Gasteiger partial charge in [-0.2, -0.15) is 0 Å². The summed E-state index contributed by atoms with van der Waals surface area (Å²) >= 11 is 1.71. The van der Waals surface area contributed by atoms with Crippen LogP contribution in [0.3, 0.4) is 0 Å². The average molecular weight is 270 g/mol. The lowest BCUT2D eigenvalue weighted by molar-refractivity contribution is 0.556. The number of rotatable bonds is 3. The minimum Gasteiger partial charge on any atom is -0.440 e. The van der Waals surface area contributed by atoms with Gasteiger partial charge >= 0.3 is 0 Å². The van der Waals surface area contributed by atoms with E-state index in [9.17, 15) is 0 Å². The van der Waals surface area contributed by atoms with Crippen molar-refractivity contribution in [2.45, 2.75) is 17.6 Å². The number of aryl methyl sites for hydroxylation is 1. The lowest BCUT2D eigenvalue weighted by Gasteiger charge is -1.98. The number of nitrogen functional groups attached to an aromatic ring is 1. The third kappa shape index (κ3) is 2.74. The van der Waals surface area contributed by atoms with Gasteiger partial charge < -0.3 is 10.2 Å². The number of aromatic nitrogens is 1. The van der Waals surface area contributed by atoms with E-state index in [0.717, 1.165) is 22.7 Å².